The van der Waals surface area contributed by atoms with Crippen molar-refractivity contribution in [2.75, 3.05) is 5.32 Å². The van der Waals surface area contributed by atoms with Crippen molar-refractivity contribution in [2.24, 2.45) is 11.5 Å². The molecule has 0 saturated heterocycles. The number of halogens is 3. The van der Waals surface area contributed by atoms with Crippen molar-refractivity contribution in [3.05, 3.63) is 90.3 Å². The van der Waals surface area contributed by atoms with Gasteiger partial charge in [0, 0.05) is 39.9 Å². The molecule has 38 heavy (non-hydrogen) atoms. The molecule has 0 fully saturated rings. The Bertz CT molecular complexity index is 1720. The number of benzene rings is 2. The van der Waals surface area contributed by atoms with Crippen molar-refractivity contribution >= 4 is 39.2 Å². The summed E-state index contributed by atoms with van der Waals surface area (Å²) in [5.41, 5.74) is 12.5. The highest BCUT2D eigenvalue weighted by atomic mass is 19.4. The van der Waals surface area contributed by atoms with Crippen LogP contribution in [0.2, 0.25) is 0 Å². The summed E-state index contributed by atoms with van der Waals surface area (Å²) in [6, 6.07) is 11.6. The first-order valence-corrected chi connectivity index (χ1v) is 11.1. The number of aromatic nitrogens is 5. The van der Waals surface area contributed by atoms with Crippen molar-refractivity contribution in [1.29, 1.82) is 0 Å². The summed E-state index contributed by atoms with van der Waals surface area (Å²) in [5.74, 6) is -0.788. The van der Waals surface area contributed by atoms with E-state index in [0.717, 1.165) is 17.1 Å². The topological polar surface area (TPSA) is 163 Å². The Morgan fingerprint density at radius 2 is 1.84 bits per heavy atom. The van der Waals surface area contributed by atoms with Crippen molar-refractivity contribution < 1.29 is 18.0 Å². The van der Waals surface area contributed by atoms with Gasteiger partial charge in [-0.1, -0.05) is 12.1 Å². The summed E-state index contributed by atoms with van der Waals surface area (Å²) < 4.78 is 41.2. The fraction of sp³-hybridized carbons (Fsp3) is 0.0400. The Kier molecular flexibility index (Phi) is 6.16. The molecule has 5 aromatic rings. The van der Waals surface area contributed by atoms with E-state index in [-0.39, 0.29) is 11.5 Å². The van der Waals surface area contributed by atoms with Crippen LogP contribution in [0.5, 0.6) is 0 Å². The Balaban J connectivity index is 1.48. The number of nitrogens with two attached hydrogens (primary N) is 2. The van der Waals surface area contributed by atoms with Gasteiger partial charge in [-0.25, -0.2) is 9.97 Å². The van der Waals surface area contributed by atoms with Gasteiger partial charge in [-0.05, 0) is 42.6 Å². The minimum atomic E-state index is -4.68. The third kappa shape index (κ3) is 4.84. The fourth-order valence-electron chi connectivity index (χ4n) is 3.81. The van der Waals surface area contributed by atoms with E-state index in [1.54, 1.807) is 48.7 Å². The average molecular weight is 519 g/mol. The maximum Gasteiger partial charge on any atom is 0.421 e. The lowest BCUT2D eigenvalue weighted by atomic mass is 10.1. The average Bonchev–Trinajstić information content (AvgIpc) is 3.54. The molecular weight excluding hydrogens is 499 g/mol. The van der Waals surface area contributed by atoms with Crippen molar-refractivity contribution in [1.82, 2.24) is 30.5 Å². The zero-order valence-corrected chi connectivity index (χ0v) is 19.5. The van der Waals surface area contributed by atoms with E-state index < -0.39 is 23.5 Å². The first-order chi connectivity index (χ1) is 18.2. The second-order valence-corrected chi connectivity index (χ2v) is 8.17. The normalized spacial score (nSPS) is 12.4. The molecule has 0 radical (unpaired) electrons. The molecule has 5 rings (SSSR count). The van der Waals surface area contributed by atoms with Crippen LogP contribution in [0.4, 0.5) is 24.7 Å². The number of H-pyrrole nitrogens is 2. The number of carbonyl (C=O) groups excluding carboxylic acids is 1. The van der Waals surface area contributed by atoms with Gasteiger partial charge in [-0.3, -0.25) is 9.89 Å². The van der Waals surface area contributed by atoms with Crippen molar-refractivity contribution in [2.45, 2.75) is 6.18 Å². The smallest absolute Gasteiger partial charge is 0.405 e. The summed E-state index contributed by atoms with van der Waals surface area (Å²) in [4.78, 5) is 23.7. The number of alkyl halides is 3. The number of amides is 1. The molecule has 3 aromatic heterocycles. The number of allylic oxidation sites excluding steroid dienone is 1. The highest BCUT2D eigenvalue weighted by molar-refractivity contribution is 5.99. The lowest BCUT2D eigenvalue weighted by Gasteiger charge is -2.14. The van der Waals surface area contributed by atoms with Crippen LogP contribution in [-0.4, -0.2) is 31.1 Å². The summed E-state index contributed by atoms with van der Waals surface area (Å²) in [5, 5.41) is 13.5. The molecule has 3 heterocycles. The third-order valence-corrected chi connectivity index (χ3v) is 5.64. The number of nitrogens with one attached hydrogen (secondary N) is 4. The summed E-state index contributed by atoms with van der Waals surface area (Å²) in [6.07, 6.45) is 1.49. The van der Waals surface area contributed by atoms with Crippen molar-refractivity contribution in [3.63, 3.8) is 0 Å². The van der Waals surface area contributed by atoms with Gasteiger partial charge in [0.2, 0.25) is 0 Å². The zero-order valence-electron chi connectivity index (χ0n) is 19.5. The molecule has 0 aliphatic carbocycles. The van der Waals surface area contributed by atoms with Gasteiger partial charge in [-0.2, -0.15) is 18.3 Å². The zero-order chi connectivity index (χ0) is 26.9. The monoisotopic (exact) mass is 519 g/mol. The Morgan fingerprint density at radius 3 is 2.61 bits per heavy atom. The van der Waals surface area contributed by atoms with Crippen LogP contribution in [0.15, 0.2) is 79.0 Å². The summed E-state index contributed by atoms with van der Waals surface area (Å²) >= 11 is 0. The summed E-state index contributed by atoms with van der Waals surface area (Å²) in [6.45, 7) is 0. The maximum atomic E-state index is 13.7. The lowest BCUT2D eigenvalue weighted by molar-refractivity contribution is -0.137. The highest BCUT2D eigenvalue weighted by Gasteiger charge is 2.35. The predicted octanol–water partition coefficient (Wildman–Crippen LogP) is 4.27. The van der Waals surface area contributed by atoms with Crippen LogP contribution in [0.3, 0.4) is 0 Å². The van der Waals surface area contributed by atoms with Gasteiger partial charge >= 0.3 is 6.18 Å². The number of carbonyl (C=O) groups is 1. The molecule has 0 aliphatic heterocycles. The van der Waals surface area contributed by atoms with Crippen LogP contribution in [0, 0.1) is 0 Å². The SMILES string of the molecule is N/C=C\C(=C/N)NC(=O)c1cc2ccc(-c3ncc(C(F)(F)F)c(Nc4ccc5[nH]ncc5c4)n3)cc2[nH]1. The van der Waals surface area contributed by atoms with Gasteiger partial charge < -0.3 is 27.1 Å². The molecule has 0 saturated carbocycles. The van der Waals surface area contributed by atoms with E-state index >= 15 is 0 Å². The molecule has 0 spiro atoms. The summed E-state index contributed by atoms with van der Waals surface area (Å²) in [7, 11) is 0. The van der Waals surface area contributed by atoms with Gasteiger partial charge in [0.25, 0.3) is 5.91 Å². The number of nitrogens with zero attached hydrogens (tertiary/aromatic N) is 3. The fourth-order valence-corrected chi connectivity index (χ4v) is 3.81. The van der Waals surface area contributed by atoms with E-state index in [0.29, 0.717) is 27.9 Å². The predicted molar refractivity (Wildman–Crippen MR) is 137 cm³/mol. The van der Waals surface area contributed by atoms with E-state index in [2.05, 4.69) is 35.8 Å². The minimum Gasteiger partial charge on any atom is -0.405 e. The van der Waals surface area contributed by atoms with E-state index in [4.69, 9.17) is 11.5 Å². The lowest BCUT2D eigenvalue weighted by Crippen LogP contribution is -2.23. The van der Waals surface area contributed by atoms with Crippen molar-refractivity contribution in [3.8, 4) is 11.4 Å². The largest absolute Gasteiger partial charge is 0.421 e. The first kappa shape index (κ1) is 24.4. The molecule has 0 bridgehead atoms. The molecule has 0 atom stereocenters. The molecule has 0 aliphatic rings. The number of anilines is 2. The molecule has 1 amide bonds. The molecule has 0 unspecified atom stereocenters. The second-order valence-electron chi connectivity index (χ2n) is 8.17. The molecule has 8 N–H and O–H groups in total. The third-order valence-electron chi connectivity index (χ3n) is 5.64. The van der Waals surface area contributed by atoms with E-state index in [1.165, 1.54) is 18.5 Å². The van der Waals surface area contributed by atoms with Crippen LogP contribution < -0.4 is 22.1 Å². The maximum absolute atomic E-state index is 13.7. The van der Waals surface area contributed by atoms with Gasteiger partial charge in [0.1, 0.15) is 17.1 Å². The van der Waals surface area contributed by atoms with Crippen LogP contribution in [-0.2, 0) is 6.18 Å². The molecular formula is C25H20F3N9O. The number of hydrogen-bond acceptors (Lipinski definition) is 7. The van der Waals surface area contributed by atoms with Crippen LogP contribution >= 0.6 is 0 Å². The molecule has 13 heteroatoms. The molecule has 2 aromatic carbocycles. The number of aromatic amines is 2. The van der Waals surface area contributed by atoms with Crippen LogP contribution in [0.25, 0.3) is 33.2 Å². The minimum absolute atomic E-state index is 0.0637. The van der Waals surface area contributed by atoms with E-state index in [1.807, 2.05) is 0 Å². The second kappa shape index (κ2) is 9.61. The van der Waals surface area contributed by atoms with Gasteiger partial charge in [0.15, 0.2) is 5.82 Å². The van der Waals surface area contributed by atoms with E-state index in [9.17, 15) is 18.0 Å². The highest BCUT2D eigenvalue weighted by Crippen LogP contribution is 2.36. The Hall–Kier alpha value is -5.33. The quantitative estimate of drug-likeness (QED) is 0.182. The Labute approximate surface area is 212 Å². The molecule has 10 nitrogen and oxygen atoms in total. The van der Waals surface area contributed by atoms with Crippen LogP contribution in [0.1, 0.15) is 16.1 Å². The number of fused-ring (bicyclic) bond motifs is 2. The van der Waals surface area contributed by atoms with Gasteiger partial charge in [0.05, 0.1) is 17.4 Å². The standard InChI is InChI=1S/C25H20F3N9O/c26-25(27,28)18-12-31-22(36-23(18)33-16-3-4-19-15(7-16)11-32-37-19)14-2-1-13-8-21(35-20(13)9-14)24(38)34-17(10-30)5-6-29/h1-12,35H,29-30H2,(H,32,37)(H,34,38)(H,31,33,36)/b6-5-,17-10+. The number of rotatable bonds is 6. The Morgan fingerprint density at radius 1 is 1.00 bits per heavy atom. The first-order valence-electron chi connectivity index (χ1n) is 11.1. The number of hydrogen-bond donors (Lipinski definition) is 6. The molecule has 192 valence electrons. The van der Waals surface area contributed by atoms with Gasteiger partial charge in [-0.15, -0.1) is 0 Å².